The van der Waals surface area contributed by atoms with Crippen molar-refractivity contribution in [3.05, 3.63) is 65.7 Å². The number of carbonyl (C=O) groups is 1. The van der Waals surface area contributed by atoms with Gasteiger partial charge in [0.1, 0.15) is 5.71 Å². The standard InChI is InChI=1S/C19H16F3N3O/c1-12-7-9-14(10-8-12)25-16(13-5-3-2-4-6-13)18(17(25)26)11-15(23-24-18)19(20,21)22/h2-10,16,24H,11H2,1H3/t16-,18-/m1/s1. The highest BCUT2D eigenvalue weighted by Gasteiger charge is 2.66. The number of nitrogens with zero attached hydrogens (tertiary/aromatic N) is 2. The van der Waals surface area contributed by atoms with E-state index in [1.807, 2.05) is 37.3 Å². The third-order valence-corrected chi connectivity index (χ3v) is 4.92. The maximum atomic E-state index is 13.1. The van der Waals surface area contributed by atoms with Gasteiger partial charge in [0.15, 0.2) is 5.54 Å². The third kappa shape index (κ3) is 2.38. The van der Waals surface area contributed by atoms with Gasteiger partial charge in [0.05, 0.1) is 6.04 Å². The Morgan fingerprint density at radius 1 is 1.12 bits per heavy atom. The first-order valence-electron chi connectivity index (χ1n) is 8.19. The van der Waals surface area contributed by atoms with Crippen molar-refractivity contribution in [3.63, 3.8) is 0 Å². The molecule has 4 rings (SSSR count). The van der Waals surface area contributed by atoms with Gasteiger partial charge < -0.3 is 0 Å². The molecule has 0 unspecified atom stereocenters. The topological polar surface area (TPSA) is 44.7 Å². The Bertz CT molecular complexity index is 877. The maximum Gasteiger partial charge on any atom is 0.431 e. The summed E-state index contributed by atoms with van der Waals surface area (Å²) >= 11 is 0. The smallest absolute Gasteiger partial charge is 0.300 e. The zero-order chi connectivity index (χ0) is 18.5. The van der Waals surface area contributed by atoms with Crippen molar-refractivity contribution in [2.75, 3.05) is 4.90 Å². The van der Waals surface area contributed by atoms with Gasteiger partial charge in [-0.1, -0.05) is 48.0 Å². The molecule has 4 nitrogen and oxygen atoms in total. The van der Waals surface area contributed by atoms with Crippen LogP contribution >= 0.6 is 0 Å². The molecule has 1 N–H and O–H groups in total. The molecule has 7 heteroatoms. The van der Waals surface area contributed by atoms with Crippen LogP contribution in [0.25, 0.3) is 0 Å². The number of anilines is 1. The van der Waals surface area contributed by atoms with Gasteiger partial charge in [0.2, 0.25) is 0 Å². The van der Waals surface area contributed by atoms with E-state index in [-0.39, 0.29) is 0 Å². The molecule has 2 aromatic carbocycles. The molecular weight excluding hydrogens is 343 g/mol. The van der Waals surface area contributed by atoms with Crippen LogP contribution in [0, 0.1) is 6.92 Å². The number of β-lactam (4-membered cyclic amide) rings is 1. The number of nitrogens with one attached hydrogen (secondary N) is 1. The SMILES string of the molecule is Cc1ccc(N2C(=O)[C@@]3(CC(C(F)(F)F)=NN3)[C@H]2c2ccccc2)cc1. The van der Waals surface area contributed by atoms with Crippen molar-refractivity contribution < 1.29 is 18.0 Å². The van der Waals surface area contributed by atoms with E-state index in [0.29, 0.717) is 5.69 Å². The van der Waals surface area contributed by atoms with E-state index >= 15 is 0 Å². The molecule has 2 aromatic rings. The number of carbonyl (C=O) groups excluding carboxylic acids is 1. The number of hydrazone groups is 1. The average Bonchev–Trinajstić information content (AvgIpc) is 3.09. The lowest BCUT2D eigenvalue weighted by molar-refractivity contribution is -0.134. The van der Waals surface area contributed by atoms with E-state index < -0.39 is 35.8 Å². The van der Waals surface area contributed by atoms with Gasteiger partial charge in [-0.2, -0.15) is 18.3 Å². The van der Waals surface area contributed by atoms with E-state index in [1.165, 1.54) is 4.90 Å². The first-order valence-corrected chi connectivity index (χ1v) is 8.19. The van der Waals surface area contributed by atoms with E-state index in [2.05, 4.69) is 10.5 Å². The minimum atomic E-state index is -4.55. The highest BCUT2D eigenvalue weighted by Crippen LogP contribution is 2.50. The number of benzene rings is 2. The summed E-state index contributed by atoms with van der Waals surface area (Å²) in [5.41, 5.74) is 2.63. The maximum absolute atomic E-state index is 13.1. The molecule has 2 aliphatic heterocycles. The van der Waals surface area contributed by atoms with Crippen molar-refractivity contribution in [2.45, 2.75) is 31.1 Å². The fraction of sp³-hybridized carbons (Fsp3) is 0.263. The molecular formula is C19H16F3N3O. The molecule has 0 radical (unpaired) electrons. The number of rotatable bonds is 2. The lowest BCUT2D eigenvalue weighted by atomic mass is 9.72. The predicted octanol–water partition coefficient (Wildman–Crippen LogP) is 3.73. The largest absolute Gasteiger partial charge is 0.431 e. The molecule has 26 heavy (non-hydrogen) atoms. The van der Waals surface area contributed by atoms with Crippen molar-refractivity contribution in [1.29, 1.82) is 0 Å². The number of hydrogen-bond donors (Lipinski definition) is 1. The summed E-state index contributed by atoms with van der Waals surface area (Å²) < 4.78 is 39.3. The van der Waals surface area contributed by atoms with Gasteiger partial charge in [-0.15, -0.1) is 0 Å². The van der Waals surface area contributed by atoms with Crippen molar-refractivity contribution >= 4 is 17.3 Å². The summed E-state index contributed by atoms with van der Waals surface area (Å²) in [6, 6.07) is 15.8. The third-order valence-electron chi connectivity index (χ3n) is 4.92. The van der Waals surface area contributed by atoms with Gasteiger partial charge in [-0.25, -0.2) is 0 Å². The summed E-state index contributed by atoms with van der Waals surface area (Å²) in [5.74, 6) is -0.404. The molecule has 1 saturated heterocycles. The van der Waals surface area contributed by atoms with E-state index in [1.54, 1.807) is 24.3 Å². The summed E-state index contributed by atoms with van der Waals surface area (Å²) in [6.45, 7) is 1.93. The Kier molecular flexibility index (Phi) is 3.57. The number of halogens is 3. The molecule has 1 spiro atoms. The first-order chi connectivity index (χ1) is 12.3. The average molecular weight is 359 g/mol. The first kappa shape index (κ1) is 16.6. The van der Waals surface area contributed by atoms with Gasteiger partial charge in [-0.3, -0.25) is 15.1 Å². The molecule has 0 aromatic heterocycles. The van der Waals surface area contributed by atoms with Crippen molar-refractivity contribution in [3.8, 4) is 0 Å². The molecule has 0 aliphatic carbocycles. The number of hydrogen-bond acceptors (Lipinski definition) is 3. The van der Waals surface area contributed by atoms with Gasteiger partial charge in [0.25, 0.3) is 5.91 Å². The molecule has 1 amide bonds. The molecule has 0 saturated carbocycles. The van der Waals surface area contributed by atoms with Crippen LogP contribution in [0.15, 0.2) is 59.7 Å². The number of aryl methyl sites for hydroxylation is 1. The second-order valence-electron chi connectivity index (χ2n) is 6.64. The molecule has 2 aliphatic rings. The molecule has 2 heterocycles. The fourth-order valence-electron chi connectivity index (χ4n) is 3.60. The van der Waals surface area contributed by atoms with Gasteiger partial charge in [0, 0.05) is 12.1 Å². The Balaban J connectivity index is 1.74. The quantitative estimate of drug-likeness (QED) is 0.831. The predicted molar refractivity (Wildman–Crippen MR) is 91.8 cm³/mol. The molecule has 2 atom stereocenters. The molecule has 0 bridgehead atoms. The van der Waals surface area contributed by atoms with Crippen molar-refractivity contribution in [1.82, 2.24) is 5.43 Å². The van der Waals surface area contributed by atoms with Crippen LogP contribution in [-0.4, -0.2) is 23.3 Å². The van der Waals surface area contributed by atoms with E-state index in [9.17, 15) is 18.0 Å². The monoisotopic (exact) mass is 359 g/mol. The Morgan fingerprint density at radius 2 is 1.77 bits per heavy atom. The lowest BCUT2D eigenvalue weighted by Crippen LogP contribution is -2.73. The Hall–Kier alpha value is -2.83. The van der Waals surface area contributed by atoms with Crippen LogP contribution in [0.5, 0.6) is 0 Å². The van der Waals surface area contributed by atoms with Crippen LogP contribution in [0.3, 0.4) is 0 Å². The molecule has 134 valence electrons. The Labute approximate surface area is 148 Å². The zero-order valence-electron chi connectivity index (χ0n) is 13.9. The summed E-state index contributed by atoms with van der Waals surface area (Å²) in [7, 11) is 0. The van der Waals surface area contributed by atoms with Crippen LogP contribution in [0.2, 0.25) is 0 Å². The minimum absolute atomic E-state index is 0.404. The fourth-order valence-corrected chi connectivity index (χ4v) is 3.60. The van der Waals surface area contributed by atoms with Gasteiger partial charge in [-0.05, 0) is 24.6 Å². The highest BCUT2D eigenvalue weighted by atomic mass is 19.4. The molecule has 1 fully saturated rings. The summed E-state index contributed by atoms with van der Waals surface area (Å²) in [4.78, 5) is 14.5. The zero-order valence-corrected chi connectivity index (χ0v) is 13.9. The second kappa shape index (κ2) is 5.59. The van der Waals surface area contributed by atoms with E-state index in [0.717, 1.165) is 11.1 Å². The van der Waals surface area contributed by atoms with Crippen LogP contribution in [0.4, 0.5) is 18.9 Å². The number of amides is 1. The van der Waals surface area contributed by atoms with Crippen molar-refractivity contribution in [2.24, 2.45) is 5.10 Å². The minimum Gasteiger partial charge on any atom is -0.300 e. The van der Waals surface area contributed by atoms with Crippen LogP contribution in [0.1, 0.15) is 23.6 Å². The Morgan fingerprint density at radius 3 is 2.35 bits per heavy atom. The normalized spacial score (nSPS) is 25.1. The number of alkyl halides is 3. The highest BCUT2D eigenvalue weighted by molar-refractivity contribution is 6.13. The summed E-state index contributed by atoms with van der Waals surface area (Å²) in [5, 5.41) is 3.44. The lowest BCUT2D eigenvalue weighted by Gasteiger charge is -2.54. The second-order valence-corrected chi connectivity index (χ2v) is 6.64. The van der Waals surface area contributed by atoms with Crippen LogP contribution < -0.4 is 10.3 Å². The van der Waals surface area contributed by atoms with Gasteiger partial charge >= 0.3 is 6.18 Å². The van der Waals surface area contributed by atoms with E-state index in [4.69, 9.17) is 0 Å². The summed E-state index contributed by atoms with van der Waals surface area (Å²) in [6.07, 6.45) is -5.03. The van der Waals surface area contributed by atoms with Crippen LogP contribution in [-0.2, 0) is 4.79 Å².